The van der Waals surface area contributed by atoms with Crippen LogP contribution in [0.15, 0.2) is 64.6 Å². The maximum atomic E-state index is 13.2. The Bertz CT molecular complexity index is 1450. The van der Waals surface area contributed by atoms with Crippen molar-refractivity contribution >= 4 is 44.1 Å². The summed E-state index contributed by atoms with van der Waals surface area (Å²) in [4.78, 5) is 32.4. The lowest BCUT2D eigenvalue weighted by Gasteiger charge is -2.20. The molecule has 0 unspecified atom stereocenters. The molecule has 0 aliphatic carbocycles. The number of carbonyl (C=O) groups excluding carboxylic acids is 2. The van der Waals surface area contributed by atoms with Crippen molar-refractivity contribution in [3.63, 3.8) is 0 Å². The van der Waals surface area contributed by atoms with Gasteiger partial charge in [-0.1, -0.05) is 29.5 Å². The van der Waals surface area contributed by atoms with Crippen molar-refractivity contribution in [2.24, 2.45) is 0 Å². The zero-order valence-electron chi connectivity index (χ0n) is 18.2. The standard InChI is InChI=1S/C25H20N2O5S/c1-13-7-9-17-19(11-13)33-25(26-17)27-21(18-10-8-14(2)32-18)20(23(29)24(27)30)22(28)15-5-4-6-16(12-15)31-3/h4-12,21,28H,1-3H3/t21-/m1/s1. The maximum Gasteiger partial charge on any atom is 0.302 e. The Balaban J connectivity index is 1.72. The molecule has 0 saturated carbocycles. The maximum absolute atomic E-state index is 13.2. The number of amides is 1. The van der Waals surface area contributed by atoms with E-state index in [0.29, 0.717) is 28.0 Å². The topological polar surface area (TPSA) is 92.9 Å². The number of benzene rings is 2. The van der Waals surface area contributed by atoms with Crippen LogP contribution in [0, 0.1) is 13.8 Å². The molecule has 1 amide bonds. The lowest BCUT2D eigenvalue weighted by atomic mass is 9.99. The van der Waals surface area contributed by atoms with E-state index in [1.807, 2.05) is 25.1 Å². The van der Waals surface area contributed by atoms with E-state index >= 15 is 0 Å². The smallest absolute Gasteiger partial charge is 0.302 e. The Hall–Kier alpha value is -3.91. The SMILES string of the molecule is COc1cccc(C(O)=C2C(=O)C(=O)N(c3nc4ccc(C)cc4s3)[C@@H]2c2ccc(C)o2)c1. The highest BCUT2D eigenvalue weighted by Crippen LogP contribution is 2.44. The second-order valence-corrected chi connectivity index (χ2v) is 8.83. The van der Waals surface area contributed by atoms with Crippen LogP contribution in [0.3, 0.4) is 0 Å². The molecular weight excluding hydrogens is 440 g/mol. The molecule has 166 valence electrons. The van der Waals surface area contributed by atoms with E-state index in [0.717, 1.165) is 15.8 Å². The van der Waals surface area contributed by atoms with Crippen molar-refractivity contribution in [1.29, 1.82) is 0 Å². The van der Waals surface area contributed by atoms with Crippen LogP contribution < -0.4 is 9.64 Å². The minimum atomic E-state index is -0.952. The first kappa shape index (κ1) is 21.0. The predicted molar refractivity (Wildman–Crippen MR) is 126 cm³/mol. The van der Waals surface area contributed by atoms with Crippen LogP contribution in [0.1, 0.15) is 28.7 Å². The molecule has 4 aromatic rings. The van der Waals surface area contributed by atoms with Gasteiger partial charge in [0, 0.05) is 5.56 Å². The number of ketones is 1. The van der Waals surface area contributed by atoms with Crippen LogP contribution in [-0.2, 0) is 9.59 Å². The molecule has 2 aromatic heterocycles. The zero-order chi connectivity index (χ0) is 23.3. The summed E-state index contributed by atoms with van der Waals surface area (Å²) in [6.07, 6.45) is 0. The second-order valence-electron chi connectivity index (χ2n) is 7.82. The monoisotopic (exact) mass is 460 g/mol. The Morgan fingerprint density at radius 2 is 1.94 bits per heavy atom. The van der Waals surface area contributed by atoms with E-state index in [1.54, 1.807) is 43.3 Å². The van der Waals surface area contributed by atoms with Gasteiger partial charge in [-0.2, -0.15) is 0 Å². The lowest BCUT2D eigenvalue weighted by molar-refractivity contribution is -0.132. The molecule has 0 spiro atoms. The molecule has 3 heterocycles. The van der Waals surface area contributed by atoms with Crippen molar-refractivity contribution in [3.05, 3.63) is 82.8 Å². The molecular formula is C25H20N2O5S. The third-order valence-electron chi connectivity index (χ3n) is 5.56. The van der Waals surface area contributed by atoms with Gasteiger partial charge in [-0.05, 0) is 55.8 Å². The first-order valence-corrected chi connectivity index (χ1v) is 11.1. The summed E-state index contributed by atoms with van der Waals surface area (Å²) in [6, 6.07) is 15.0. The summed E-state index contributed by atoms with van der Waals surface area (Å²) in [7, 11) is 1.51. The van der Waals surface area contributed by atoms with Crippen molar-refractivity contribution in [2.45, 2.75) is 19.9 Å². The van der Waals surface area contributed by atoms with Crippen molar-refractivity contribution in [1.82, 2.24) is 4.98 Å². The summed E-state index contributed by atoms with van der Waals surface area (Å²) in [5.41, 5.74) is 2.10. The van der Waals surface area contributed by atoms with E-state index in [2.05, 4.69) is 4.98 Å². The van der Waals surface area contributed by atoms with Crippen LogP contribution >= 0.6 is 11.3 Å². The minimum absolute atomic E-state index is 0.0574. The molecule has 1 fully saturated rings. The molecule has 7 nitrogen and oxygen atoms in total. The van der Waals surface area contributed by atoms with Gasteiger partial charge in [0.2, 0.25) is 0 Å². The van der Waals surface area contributed by atoms with Gasteiger partial charge in [0.1, 0.15) is 29.1 Å². The van der Waals surface area contributed by atoms with Gasteiger partial charge < -0.3 is 14.3 Å². The molecule has 1 aliphatic rings. The van der Waals surface area contributed by atoms with Gasteiger partial charge in [-0.3, -0.25) is 14.5 Å². The molecule has 5 rings (SSSR count). The summed E-state index contributed by atoms with van der Waals surface area (Å²) in [5.74, 6) is -0.367. The number of aliphatic hydroxyl groups excluding tert-OH is 1. The van der Waals surface area contributed by atoms with Crippen molar-refractivity contribution in [3.8, 4) is 5.75 Å². The number of hydrogen-bond acceptors (Lipinski definition) is 7. The first-order chi connectivity index (χ1) is 15.9. The van der Waals surface area contributed by atoms with Crippen LogP contribution in [0.2, 0.25) is 0 Å². The van der Waals surface area contributed by atoms with Crippen LogP contribution in [0.25, 0.3) is 16.0 Å². The van der Waals surface area contributed by atoms with Gasteiger partial charge in [-0.25, -0.2) is 4.98 Å². The number of nitrogens with zero attached hydrogens (tertiary/aromatic N) is 2. The Morgan fingerprint density at radius 3 is 2.67 bits per heavy atom. The number of hydrogen-bond donors (Lipinski definition) is 1. The fourth-order valence-corrected chi connectivity index (χ4v) is 5.04. The normalized spacial score (nSPS) is 17.8. The molecule has 33 heavy (non-hydrogen) atoms. The Labute approximate surface area is 193 Å². The molecule has 1 atom stereocenters. The number of ether oxygens (including phenoxy) is 1. The fraction of sp³-hybridized carbons (Fsp3) is 0.160. The van der Waals surface area contributed by atoms with Gasteiger partial charge >= 0.3 is 5.91 Å². The molecule has 1 saturated heterocycles. The number of fused-ring (bicyclic) bond motifs is 1. The average molecular weight is 461 g/mol. The third-order valence-corrected chi connectivity index (χ3v) is 6.57. The molecule has 8 heteroatoms. The van der Waals surface area contributed by atoms with E-state index in [-0.39, 0.29) is 11.3 Å². The summed E-state index contributed by atoms with van der Waals surface area (Å²) < 4.78 is 12.0. The van der Waals surface area contributed by atoms with Crippen molar-refractivity contribution in [2.75, 3.05) is 12.0 Å². The molecule has 0 radical (unpaired) electrons. The number of anilines is 1. The number of carbonyl (C=O) groups is 2. The van der Waals surface area contributed by atoms with E-state index in [1.165, 1.54) is 23.3 Å². The van der Waals surface area contributed by atoms with Crippen molar-refractivity contribution < 1.29 is 23.8 Å². The molecule has 1 aliphatic heterocycles. The molecule has 0 bridgehead atoms. The summed E-state index contributed by atoms with van der Waals surface area (Å²) in [6.45, 7) is 3.75. The number of thiazole rings is 1. The number of furan rings is 1. The number of Topliss-reactive ketones (excluding diaryl/α,β-unsaturated/α-hetero) is 1. The predicted octanol–water partition coefficient (Wildman–Crippen LogP) is 5.14. The van der Waals surface area contributed by atoms with Gasteiger partial charge in [0.25, 0.3) is 5.78 Å². The van der Waals surface area contributed by atoms with Gasteiger partial charge in [0.15, 0.2) is 5.13 Å². The minimum Gasteiger partial charge on any atom is -0.507 e. The van der Waals surface area contributed by atoms with Gasteiger partial charge in [0.05, 0.1) is 22.9 Å². The van der Waals surface area contributed by atoms with E-state index < -0.39 is 17.7 Å². The van der Waals surface area contributed by atoms with Crippen LogP contribution in [0.5, 0.6) is 5.75 Å². The van der Waals surface area contributed by atoms with E-state index in [9.17, 15) is 14.7 Å². The number of aryl methyl sites for hydroxylation is 2. The average Bonchev–Trinajstić information content (AvgIpc) is 3.49. The highest BCUT2D eigenvalue weighted by molar-refractivity contribution is 7.22. The fourth-order valence-electron chi connectivity index (χ4n) is 3.95. The first-order valence-electron chi connectivity index (χ1n) is 10.3. The number of aromatic nitrogens is 1. The second kappa shape index (κ2) is 7.90. The van der Waals surface area contributed by atoms with Crippen LogP contribution in [0.4, 0.5) is 5.13 Å². The third kappa shape index (κ3) is 3.48. The van der Waals surface area contributed by atoms with Gasteiger partial charge in [-0.15, -0.1) is 0 Å². The highest BCUT2D eigenvalue weighted by Gasteiger charge is 2.49. The summed E-state index contributed by atoms with van der Waals surface area (Å²) in [5, 5.41) is 11.5. The number of rotatable bonds is 4. The Kier molecular flexibility index (Phi) is 5.02. The van der Waals surface area contributed by atoms with E-state index in [4.69, 9.17) is 9.15 Å². The summed E-state index contributed by atoms with van der Waals surface area (Å²) >= 11 is 1.31. The zero-order valence-corrected chi connectivity index (χ0v) is 19.0. The number of aliphatic hydroxyl groups is 1. The molecule has 1 N–H and O–H groups in total. The molecule has 2 aromatic carbocycles. The highest BCUT2D eigenvalue weighted by atomic mass is 32.1. The Morgan fingerprint density at radius 1 is 1.12 bits per heavy atom. The van der Waals surface area contributed by atoms with Crippen LogP contribution in [-0.4, -0.2) is 28.9 Å². The largest absolute Gasteiger partial charge is 0.507 e. The lowest BCUT2D eigenvalue weighted by Crippen LogP contribution is -2.29. The quantitative estimate of drug-likeness (QED) is 0.257. The number of methoxy groups -OCH3 is 1.